The summed E-state index contributed by atoms with van der Waals surface area (Å²) in [6, 6.07) is 8.45. The molecular weight excluding hydrogens is 318 g/mol. The Bertz CT molecular complexity index is 466. The second kappa shape index (κ2) is 7.20. The second-order valence-corrected chi connectivity index (χ2v) is 6.22. The van der Waals surface area contributed by atoms with Crippen molar-refractivity contribution < 1.29 is 4.79 Å². The molecule has 1 saturated heterocycles. The van der Waals surface area contributed by atoms with Gasteiger partial charge >= 0.3 is 0 Å². The van der Waals surface area contributed by atoms with E-state index in [0.29, 0.717) is 19.1 Å². The van der Waals surface area contributed by atoms with Gasteiger partial charge < -0.3 is 10.2 Å². The molecule has 20 heavy (non-hydrogen) atoms. The number of hydrogen-bond acceptors (Lipinski definition) is 3. The lowest BCUT2D eigenvalue weighted by molar-refractivity contribution is -0.132. The lowest BCUT2D eigenvalue weighted by atomic mass is 10.2. The molecule has 0 saturated carbocycles. The van der Waals surface area contributed by atoms with Gasteiger partial charge in [0.15, 0.2) is 0 Å². The highest BCUT2D eigenvalue weighted by molar-refractivity contribution is 9.10. The molecule has 0 aromatic heterocycles. The summed E-state index contributed by atoms with van der Waals surface area (Å²) >= 11 is 3.53. The van der Waals surface area contributed by atoms with E-state index in [1.54, 1.807) is 4.90 Å². The molecule has 0 radical (unpaired) electrons. The Morgan fingerprint density at radius 3 is 2.95 bits per heavy atom. The van der Waals surface area contributed by atoms with Crippen LogP contribution in [0.2, 0.25) is 0 Å². The van der Waals surface area contributed by atoms with Crippen molar-refractivity contribution in [1.29, 1.82) is 0 Å². The lowest BCUT2D eigenvalue weighted by Crippen LogP contribution is -2.52. The summed E-state index contributed by atoms with van der Waals surface area (Å²) in [7, 11) is 1.87. The van der Waals surface area contributed by atoms with Crippen LogP contribution in [-0.2, 0) is 11.3 Å². The normalized spacial score (nSPS) is 19.9. The first-order valence-corrected chi connectivity index (χ1v) is 7.79. The molecule has 0 spiro atoms. The van der Waals surface area contributed by atoms with E-state index in [1.807, 2.05) is 31.3 Å². The van der Waals surface area contributed by atoms with Gasteiger partial charge in [0.05, 0.1) is 6.54 Å². The predicted molar refractivity (Wildman–Crippen MR) is 84.5 cm³/mol. The average molecular weight is 340 g/mol. The van der Waals surface area contributed by atoms with Gasteiger partial charge in [-0.1, -0.05) is 34.1 Å². The van der Waals surface area contributed by atoms with Gasteiger partial charge in [-0.05, 0) is 18.6 Å². The first-order chi connectivity index (χ1) is 9.58. The van der Waals surface area contributed by atoms with Crippen LogP contribution in [0.1, 0.15) is 12.5 Å². The topological polar surface area (TPSA) is 35.6 Å². The Balaban J connectivity index is 1.90. The highest BCUT2D eigenvalue weighted by Gasteiger charge is 2.22. The summed E-state index contributed by atoms with van der Waals surface area (Å²) in [5.41, 5.74) is 1.14. The molecular formula is C15H22BrN3O. The van der Waals surface area contributed by atoms with Crippen molar-refractivity contribution in [3.8, 4) is 0 Å². The van der Waals surface area contributed by atoms with Crippen LogP contribution in [0.4, 0.5) is 0 Å². The SMILES string of the molecule is C[C@H]1CNCCN1CC(=O)N(C)Cc1ccccc1Br. The highest BCUT2D eigenvalue weighted by atomic mass is 79.9. The van der Waals surface area contributed by atoms with Gasteiger partial charge in [-0.2, -0.15) is 0 Å². The monoisotopic (exact) mass is 339 g/mol. The summed E-state index contributed by atoms with van der Waals surface area (Å²) < 4.78 is 1.05. The quantitative estimate of drug-likeness (QED) is 0.906. The molecule has 1 aromatic carbocycles. The molecule has 2 rings (SSSR count). The van der Waals surface area contributed by atoms with Gasteiger partial charge in [0.2, 0.25) is 5.91 Å². The van der Waals surface area contributed by atoms with Crippen LogP contribution >= 0.6 is 15.9 Å². The Hall–Kier alpha value is -0.910. The fourth-order valence-corrected chi connectivity index (χ4v) is 2.79. The molecule has 0 unspecified atom stereocenters. The summed E-state index contributed by atoms with van der Waals surface area (Å²) in [5.74, 6) is 0.175. The van der Waals surface area contributed by atoms with Gasteiger partial charge in [-0.3, -0.25) is 9.69 Å². The molecule has 1 amide bonds. The highest BCUT2D eigenvalue weighted by Crippen LogP contribution is 2.17. The largest absolute Gasteiger partial charge is 0.340 e. The van der Waals surface area contributed by atoms with Gasteiger partial charge in [0, 0.05) is 43.7 Å². The van der Waals surface area contributed by atoms with E-state index in [9.17, 15) is 4.79 Å². The number of benzene rings is 1. The third kappa shape index (κ3) is 4.04. The number of rotatable bonds is 4. The van der Waals surface area contributed by atoms with E-state index in [-0.39, 0.29) is 5.91 Å². The van der Waals surface area contributed by atoms with Crippen LogP contribution in [0.15, 0.2) is 28.7 Å². The maximum absolute atomic E-state index is 12.3. The molecule has 1 heterocycles. The third-order valence-electron chi connectivity index (χ3n) is 3.77. The number of hydrogen-bond donors (Lipinski definition) is 1. The molecule has 1 fully saturated rings. The van der Waals surface area contributed by atoms with Crippen molar-refractivity contribution in [3.63, 3.8) is 0 Å². The first kappa shape index (κ1) is 15.5. The number of carbonyl (C=O) groups is 1. The maximum atomic E-state index is 12.3. The average Bonchev–Trinajstić information content (AvgIpc) is 2.43. The lowest BCUT2D eigenvalue weighted by Gasteiger charge is -2.34. The van der Waals surface area contributed by atoms with E-state index in [1.165, 1.54) is 0 Å². The van der Waals surface area contributed by atoms with Gasteiger partial charge in [0.1, 0.15) is 0 Å². The zero-order valence-electron chi connectivity index (χ0n) is 12.1. The molecule has 4 nitrogen and oxygen atoms in total. The zero-order valence-corrected chi connectivity index (χ0v) is 13.7. The molecule has 5 heteroatoms. The van der Waals surface area contributed by atoms with Crippen LogP contribution in [0.5, 0.6) is 0 Å². The standard InChI is InChI=1S/C15H22BrN3O/c1-12-9-17-7-8-19(12)11-15(20)18(2)10-13-5-3-4-6-14(13)16/h3-6,12,17H,7-11H2,1-2H3/t12-/m0/s1. The fraction of sp³-hybridized carbons (Fsp3) is 0.533. The van der Waals surface area contributed by atoms with E-state index < -0.39 is 0 Å². The molecule has 0 bridgehead atoms. The van der Waals surface area contributed by atoms with Crippen LogP contribution in [0.25, 0.3) is 0 Å². The summed E-state index contributed by atoms with van der Waals surface area (Å²) in [5, 5.41) is 3.34. The minimum Gasteiger partial charge on any atom is -0.340 e. The Morgan fingerprint density at radius 2 is 2.25 bits per heavy atom. The number of nitrogens with zero attached hydrogens (tertiary/aromatic N) is 2. The van der Waals surface area contributed by atoms with Gasteiger partial charge in [0.25, 0.3) is 0 Å². The maximum Gasteiger partial charge on any atom is 0.236 e. The van der Waals surface area contributed by atoms with E-state index in [4.69, 9.17) is 0 Å². The number of nitrogens with one attached hydrogen (secondary N) is 1. The molecule has 1 atom stereocenters. The number of amides is 1. The number of piperazine rings is 1. The van der Waals surface area contributed by atoms with Gasteiger partial charge in [-0.25, -0.2) is 0 Å². The Morgan fingerprint density at radius 1 is 1.50 bits per heavy atom. The van der Waals surface area contributed by atoms with Crippen molar-refractivity contribution >= 4 is 21.8 Å². The van der Waals surface area contributed by atoms with Crippen LogP contribution in [0, 0.1) is 0 Å². The fourth-order valence-electron chi connectivity index (χ4n) is 2.38. The molecule has 1 aliphatic heterocycles. The van der Waals surface area contributed by atoms with Crippen molar-refractivity contribution in [1.82, 2.24) is 15.1 Å². The van der Waals surface area contributed by atoms with E-state index >= 15 is 0 Å². The zero-order chi connectivity index (χ0) is 14.5. The van der Waals surface area contributed by atoms with Crippen molar-refractivity contribution in [2.75, 3.05) is 33.2 Å². The predicted octanol–water partition coefficient (Wildman–Crippen LogP) is 1.70. The summed E-state index contributed by atoms with van der Waals surface area (Å²) in [6.07, 6.45) is 0. The smallest absolute Gasteiger partial charge is 0.236 e. The third-order valence-corrected chi connectivity index (χ3v) is 4.54. The Labute approximate surface area is 129 Å². The molecule has 110 valence electrons. The molecule has 1 N–H and O–H groups in total. The van der Waals surface area contributed by atoms with Crippen LogP contribution in [0.3, 0.4) is 0 Å². The number of carbonyl (C=O) groups excluding carboxylic acids is 1. The van der Waals surface area contributed by atoms with Gasteiger partial charge in [-0.15, -0.1) is 0 Å². The first-order valence-electron chi connectivity index (χ1n) is 7.00. The van der Waals surface area contributed by atoms with Crippen molar-refractivity contribution in [2.45, 2.75) is 19.5 Å². The molecule has 1 aliphatic rings. The number of likely N-dealkylation sites (N-methyl/N-ethyl adjacent to an activating group) is 1. The van der Waals surface area contributed by atoms with Crippen molar-refractivity contribution in [3.05, 3.63) is 34.3 Å². The Kier molecular flexibility index (Phi) is 5.57. The summed E-state index contributed by atoms with van der Waals surface area (Å²) in [6.45, 7) is 6.17. The van der Waals surface area contributed by atoms with Crippen LogP contribution in [-0.4, -0.2) is 55.0 Å². The minimum atomic E-state index is 0.175. The number of halogens is 1. The minimum absolute atomic E-state index is 0.175. The van der Waals surface area contributed by atoms with E-state index in [0.717, 1.165) is 29.7 Å². The molecule has 1 aromatic rings. The summed E-state index contributed by atoms with van der Waals surface area (Å²) in [4.78, 5) is 16.4. The second-order valence-electron chi connectivity index (χ2n) is 5.36. The van der Waals surface area contributed by atoms with E-state index in [2.05, 4.69) is 33.1 Å². The molecule has 0 aliphatic carbocycles. The van der Waals surface area contributed by atoms with Crippen LogP contribution < -0.4 is 5.32 Å². The van der Waals surface area contributed by atoms with Crippen molar-refractivity contribution in [2.24, 2.45) is 0 Å².